The standard InChI is InChI=1S/C20H12Cl2N4O3S/c21-15-5-4-13(18(22)9-15)8-17-11-24-20(30-17)25-19(27)14(10-23)6-12-2-1-3-16(7-12)26(28)29/h1-7,9,11H,8H2,(H,24,25,27). The van der Waals surface area contributed by atoms with Gasteiger partial charge in [-0.25, -0.2) is 4.98 Å². The van der Waals surface area contributed by atoms with Gasteiger partial charge in [0.1, 0.15) is 11.6 Å². The first-order valence-electron chi connectivity index (χ1n) is 8.42. The molecule has 7 nitrogen and oxygen atoms in total. The number of thiazole rings is 1. The maximum Gasteiger partial charge on any atom is 0.270 e. The van der Waals surface area contributed by atoms with Crippen molar-refractivity contribution in [3.63, 3.8) is 0 Å². The van der Waals surface area contributed by atoms with Gasteiger partial charge in [0.2, 0.25) is 0 Å². The van der Waals surface area contributed by atoms with Crippen LogP contribution >= 0.6 is 34.5 Å². The van der Waals surface area contributed by atoms with Crippen LogP contribution in [0.2, 0.25) is 10.0 Å². The maximum absolute atomic E-state index is 12.4. The summed E-state index contributed by atoms with van der Waals surface area (Å²) in [7, 11) is 0. The molecule has 3 aromatic rings. The number of hydrogen-bond donors (Lipinski definition) is 1. The highest BCUT2D eigenvalue weighted by Gasteiger charge is 2.14. The Bertz CT molecular complexity index is 1200. The molecule has 0 aliphatic carbocycles. The van der Waals surface area contributed by atoms with Crippen molar-refractivity contribution in [1.82, 2.24) is 4.98 Å². The fraction of sp³-hybridized carbons (Fsp3) is 0.0500. The van der Waals surface area contributed by atoms with Gasteiger partial charge >= 0.3 is 0 Å². The number of rotatable bonds is 6. The Labute approximate surface area is 185 Å². The zero-order chi connectivity index (χ0) is 21.7. The third kappa shape index (κ3) is 5.42. The first-order chi connectivity index (χ1) is 14.4. The Morgan fingerprint density at radius 1 is 1.30 bits per heavy atom. The molecule has 0 fully saturated rings. The predicted molar refractivity (Wildman–Crippen MR) is 117 cm³/mol. The van der Waals surface area contributed by atoms with Gasteiger partial charge in [-0.1, -0.05) is 41.4 Å². The van der Waals surface area contributed by atoms with Crippen molar-refractivity contribution in [3.05, 3.63) is 90.4 Å². The number of nitrogens with one attached hydrogen (secondary N) is 1. The van der Waals surface area contributed by atoms with E-state index in [9.17, 15) is 20.2 Å². The number of anilines is 1. The van der Waals surface area contributed by atoms with Gasteiger partial charge < -0.3 is 0 Å². The van der Waals surface area contributed by atoms with Gasteiger partial charge in [-0.15, -0.1) is 11.3 Å². The minimum absolute atomic E-state index is 0.133. The topological polar surface area (TPSA) is 109 Å². The summed E-state index contributed by atoms with van der Waals surface area (Å²) >= 11 is 13.3. The van der Waals surface area contributed by atoms with Crippen LogP contribution in [-0.2, 0) is 11.2 Å². The summed E-state index contributed by atoms with van der Waals surface area (Å²) < 4.78 is 0. The average Bonchev–Trinajstić information content (AvgIpc) is 3.15. The number of halogens is 2. The van der Waals surface area contributed by atoms with Crippen molar-refractivity contribution in [2.75, 3.05) is 5.32 Å². The van der Waals surface area contributed by atoms with Gasteiger partial charge in [-0.3, -0.25) is 20.2 Å². The molecule has 3 rings (SSSR count). The molecule has 0 aliphatic rings. The molecule has 30 heavy (non-hydrogen) atoms. The number of nitrogens with zero attached hydrogens (tertiary/aromatic N) is 3. The number of nitro groups is 1. The van der Waals surface area contributed by atoms with Crippen molar-refractivity contribution < 1.29 is 9.72 Å². The number of carbonyl (C=O) groups excluding carboxylic acids is 1. The number of non-ortho nitro benzene ring substituents is 1. The van der Waals surface area contributed by atoms with E-state index in [1.165, 1.54) is 35.6 Å². The number of nitriles is 1. The van der Waals surface area contributed by atoms with Gasteiger partial charge in [0.25, 0.3) is 11.6 Å². The zero-order valence-corrected chi connectivity index (χ0v) is 17.5. The van der Waals surface area contributed by atoms with Crippen LogP contribution in [-0.4, -0.2) is 15.8 Å². The number of nitro benzene ring substituents is 1. The van der Waals surface area contributed by atoms with Gasteiger partial charge in [-0.05, 0) is 29.3 Å². The van der Waals surface area contributed by atoms with E-state index in [2.05, 4.69) is 10.3 Å². The molecule has 0 unspecified atom stereocenters. The molecule has 1 aromatic heterocycles. The third-order valence-corrected chi connectivity index (χ3v) is 5.41. The van der Waals surface area contributed by atoms with Crippen molar-refractivity contribution >= 4 is 57.3 Å². The molecule has 10 heteroatoms. The Balaban J connectivity index is 1.73. The first kappa shape index (κ1) is 21.5. The summed E-state index contributed by atoms with van der Waals surface area (Å²) in [5.74, 6) is -0.658. The number of carbonyl (C=O) groups is 1. The van der Waals surface area contributed by atoms with Crippen molar-refractivity contribution in [2.24, 2.45) is 0 Å². The molecule has 1 amide bonds. The van der Waals surface area contributed by atoms with E-state index in [0.717, 1.165) is 10.4 Å². The lowest BCUT2D eigenvalue weighted by atomic mass is 10.1. The summed E-state index contributed by atoms with van der Waals surface area (Å²) in [6.45, 7) is 0. The van der Waals surface area contributed by atoms with E-state index in [4.69, 9.17) is 23.2 Å². The van der Waals surface area contributed by atoms with Gasteiger partial charge in [-0.2, -0.15) is 5.26 Å². The van der Waals surface area contributed by atoms with E-state index < -0.39 is 10.8 Å². The second kappa shape index (κ2) is 9.50. The number of amides is 1. The number of benzene rings is 2. The lowest BCUT2D eigenvalue weighted by molar-refractivity contribution is -0.384. The molecule has 0 aliphatic heterocycles. The second-order valence-corrected chi connectivity index (χ2v) is 7.98. The smallest absolute Gasteiger partial charge is 0.270 e. The molecule has 2 aromatic carbocycles. The predicted octanol–water partition coefficient (Wildman–Crippen LogP) is 5.49. The van der Waals surface area contributed by atoms with E-state index in [-0.39, 0.29) is 11.3 Å². The van der Waals surface area contributed by atoms with Crippen LogP contribution in [0.1, 0.15) is 16.0 Å². The molecule has 1 heterocycles. The van der Waals surface area contributed by atoms with Crippen LogP contribution in [0.25, 0.3) is 6.08 Å². The van der Waals surface area contributed by atoms with E-state index in [1.807, 2.05) is 6.07 Å². The third-order valence-electron chi connectivity index (χ3n) is 3.91. The van der Waals surface area contributed by atoms with Crippen molar-refractivity contribution in [1.29, 1.82) is 5.26 Å². The largest absolute Gasteiger partial charge is 0.297 e. The van der Waals surface area contributed by atoms with Crippen molar-refractivity contribution in [2.45, 2.75) is 6.42 Å². The van der Waals surface area contributed by atoms with Crippen LogP contribution in [0.5, 0.6) is 0 Å². The molecule has 150 valence electrons. The summed E-state index contributed by atoms with van der Waals surface area (Å²) in [6.07, 6.45) is 3.41. The molecule has 0 radical (unpaired) electrons. The molecule has 1 N–H and O–H groups in total. The van der Waals surface area contributed by atoms with Gasteiger partial charge in [0.15, 0.2) is 5.13 Å². The fourth-order valence-corrected chi connectivity index (χ4v) is 3.81. The Morgan fingerprint density at radius 3 is 2.80 bits per heavy atom. The molecule has 0 bridgehead atoms. The van der Waals surface area contributed by atoms with E-state index in [0.29, 0.717) is 27.2 Å². The highest BCUT2D eigenvalue weighted by Crippen LogP contribution is 2.27. The summed E-state index contributed by atoms with van der Waals surface area (Å²) in [6, 6.07) is 12.7. The summed E-state index contributed by atoms with van der Waals surface area (Å²) in [5, 5.41) is 24.2. The molecule has 0 saturated carbocycles. The average molecular weight is 459 g/mol. The van der Waals surface area contributed by atoms with Crippen LogP contribution in [0.3, 0.4) is 0 Å². The normalized spacial score (nSPS) is 11.0. The minimum Gasteiger partial charge on any atom is -0.297 e. The van der Waals surface area contributed by atoms with Crippen LogP contribution < -0.4 is 5.32 Å². The number of hydrogen-bond acceptors (Lipinski definition) is 6. The highest BCUT2D eigenvalue weighted by atomic mass is 35.5. The Hall–Kier alpha value is -3.25. The first-order valence-corrected chi connectivity index (χ1v) is 9.99. The van der Waals surface area contributed by atoms with Crippen molar-refractivity contribution in [3.8, 4) is 6.07 Å². The maximum atomic E-state index is 12.4. The zero-order valence-electron chi connectivity index (χ0n) is 15.1. The Morgan fingerprint density at radius 2 is 2.10 bits per heavy atom. The van der Waals surface area contributed by atoms with Crippen LogP contribution in [0, 0.1) is 21.4 Å². The summed E-state index contributed by atoms with van der Waals surface area (Å²) in [5.41, 5.74) is 0.902. The summed E-state index contributed by atoms with van der Waals surface area (Å²) in [4.78, 5) is 27.8. The monoisotopic (exact) mass is 458 g/mol. The molecule has 0 saturated heterocycles. The van der Waals surface area contributed by atoms with Gasteiger partial charge in [0.05, 0.1) is 4.92 Å². The van der Waals surface area contributed by atoms with E-state index in [1.54, 1.807) is 30.5 Å². The fourth-order valence-electron chi connectivity index (χ4n) is 2.51. The highest BCUT2D eigenvalue weighted by molar-refractivity contribution is 7.15. The lowest BCUT2D eigenvalue weighted by Crippen LogP contribution is -2.13. The van der Waals surface area contributed by atoms with Crippen LogP contribution in [0.15, 0.2) is 54.2 Å². The SMILES string of the molecule is N#CC(=Cc1cccc([N+](=O)[O-])c1)C(=O)Nc1ncc(Cc2ccc(Cl)cc2Cl)s1. The Kier molecular flexibility index (Phi) is 6.79. The molecular weight excluding hydrogens is 447 g/mol. The molecular formula is C20H12Cl2N4O3S. The molecule has 0 spiro atoms. The lowest BCUT2D eigenvalue weighted by Gasteiger charge is -2.02. The quantitative estimate of drug-likeness (QED) is 0.227. The number of aromatic nitrogens is 1. The van der Waals surface area contributed by atoms with Crippen LogP contribution in [0.4, 0.5) is 10.8 Å². The minimum atomic E-state index is -0.658. The molecule has 0 atom stereocenters. The second-order valence-electron chi connectivity index (χ2n) is 6.02. The van der Waals surface area contributed by atoms with E-state index >= 15 is 0 Å². The van der Waals surface area contributed by atoms with Gasteiger partial charge in [0, 0.05) is 39.7 Å².